The van der Waals surface area contributed by atoms with Crippen molar-refractivity contribution in [1.82, 2.24) is 0 Å². The van der Waals surface area contributed by atoms with E-state index in [9.17, 15) is 0 Å². The average molecular weight is 375 g/mol. The molecule has 7 rings (SSSR count). The second kappa shape index (κ2) is 4.43. The molecule has 0 heterocycles. The zero-order chi connectivity index (χ0) is 19.9. The second-order valence-electron chi connectivity index (χ2n) is 10.8. The van der Waals surface area contributed by atoms with Gasteiger partial charge in [-0.1, -0.05) is 83.1 Å². The summed E-state index contributed by atoms with van der Waals surface area (Å²) >= 11 is 0. The molecule has 0 aromatic heterocycles. The summed E-state index contributed by atoms with van der Waals surface area (Å²) in [7, 11) is 0. The minimum atomic E-state index is 0.00973. The lowest BCUT2D eigenvalue weighted by Gasteiger charge is -2.44. The van der Waals surface area contributed by atoms with Gasteiger partial charge in [0.25, 0.3) is 0 Å². The second-order valence-corrected chi connectivity index (χ2v) is 10.8. The fourth-order valence-electron chi connectivity index (χ4n) is 7.10. The smallest absolute Gasteiger partial charge is 0.0159 e. The third-order valence-corrected chi connectivity index (χ3v) is 9.04. The number of hydrogen-bond donors (Lipinski definition) is 0. The van der Waals surface area contributed by atoms with E-state index in [1.807, 2.05) is 0 Å². The van der Waals surface area contributed by atoms with Crippen LogP contribution in [0.3, 0.4) is 0 Å². The predicted molar refractivity (Wildman–Crippen MR) is 123 cm³/mol. The summed E-state index contributed by atoms with van der Waals surface area (Å²) in [5.41, 5.74) is 9.59. The Morgan fingerprint density at radius 2 is 1.41 bits per heavy atom. The molecule has 0 radical (unpaired) electrons. The SMILES string of the molecule is CC1(C)c2cccc3c2C2=c4c1cc1cccc5ccc(c4c51)CC2(C)C3(C)C. The summed E-state index contributed by atoms with van der Waals surface area (Å²) in [6.07, 6.45) is 1.13. The van der Waals surface area contributed by atoms with Crippen molar-refractivity contribution in [3.05, 3.63) is 87.6 Å². The molecule has 29 heavy (non-hydrogen) atoms. The zero-order valence-corrected chi connectivity index (χ0v) is 17.9. The lowest BCUT2D eigenvalue weighted by molar-refractivity contribution is 0.266. The largest absolute Gasteiger partial charge is 0.0616 e. The average Bonchev–Trinajstić information content (AvgIpc) is 2.87. The van der Waals surface area contributed by atoms with Gasteiger partial charge in [0.1, 0.15) is 0 Å². The van der Waals surface area contributed by atoms with Crippen LogP contribution in [0.1, 0.15) is 62.4 Å². The summed E-state index contributed by atoms with van der Waals surface area (Å²) < 4.78 is 0. The lowest BCUT2D eigenvalue weighted by Crippen LogP contribution is -2.44. The predicted octanol–water partition coefficient (Wildman–Crippen LogP) is 6.40. The number of rotatable bonds is 0. The van der Waals surface area contributed by atoms with Gasteiger partial charge in [-0.3, -0.25) is 0 Å². The van der Waals surface area contributed by atoms with E-state index in [4.69, 9.17) is 0 Å². The summed E-state index contributed by atoms with van der Waals surface area (Å²) in [6, 6.07) is 21.2. The maximum absolute atomic E-state index is 2.53. The van der Waals surface area contributed by atoms with Crippen LogP contribution in [0, 0.1) is 5.41 Å². The Morgan fingerprint density at radius 1 is 0.690 bits per heavy atom. The molecule has 142 valence electrons. The molecule has 1 unspecified atom stereocenters. The van der Waals surface area contributed by atoms with Crippen LogP contribution in [-0.2, 0) is 17.3 Å². The van der Waals surface area contributed by atoms with Crippen LogP contribution in [0.4, 0.5) is 0 Å². The first-order valence-electron chi connectivity index (χ1n) is 10.9. The molecule has 0 aliphatic heterocycles. The van der Waals surface area contributed by atoms with E-state index in [2.05, 4.69) is 89.2 Å². The third kappa shape index (κ3) is 1.50. The summed E-state index contributed by atoms with van der Waals surface area (Å²) in [5, 5.41) is 7.34. The van der Waals surface area contributed by atoms with Crippen molar-refractivity contribution in [3.8, 4) is 0 Å². The molecule has 0 bridgehead atoms. The van der Waals surface area contributed by atoms with E-state index < -0.39 is 0 Å². The highest BCUT2D eigenvalue weighted by molar-refractivity contribution is 6.14. The Hall–Kier alpha value is -2.60. The van der Waals surface area contributed by atoms with Gasteiger partial charge in [0.05, 0.1) is 0 Å². The molecule has 3 aliphatic carbocycles. The van der Waals surface area contributed by atoms with E-state index in [0.29, 0.717) is 0 Å². The zero-order valence-electron chi connectivity index (χ0n) is 17.9. The van der Waals surface area contributed by atoms with E-state index in [-0.39, 0.29) is 16.2 Å². The maximum Gasteiger partial charge on any atom is 0.0159 e. The minimum Gasteiger partial charge on any atom is -0.0616 e. The van der Waals surface area contributed by atoms with Gasteiger partial charge in [-0.25, -0.2) is 0 Å². The van der Waals surface area contributed by atoms with Crippen molar-refractivity contribution < 1.29 is 0 Å². The molecule has 0 heteroatoms. The highest BCUT2D eigenvalue weighted by Crippen LogP contribution is 2.63. The van der Waals surface area contributed by atoms with Crippen molar-refractivity contribution in [2.45, 2.75) is 51.9 Å². The van der Waals surface area contributed by atoms with E-state index in [1.54, 1.807) is 21.9 Å². The molecule has 0 amide bonds. The lowest BCUT2D eigenvalue weighted by atomic mass is 9.58. The van der Waals surface area contributed by atoms with Gasteiger partial charge >= 0.3 is 0 Å². The normalized spacial score (nSPS) is 24.5. The monoisotopic (exact) mass is 374 g/mol. The topological polar surface area (TPSA) is 0 Å². The van der Waals surface area contributed by atoms with Gasteiger partial charge in [0, 0.05) is 16.2 Å². The fourth-order valence-corrected chi connectivity index (χ4v) is 7.10. The Morgan fingerprint density at radius 3 is 2.24 bits per heavy atom. The van der Waals surface area contributed by atoms with Crippen LogP contribution in [0.25, 0.3) is 27.1 Å². The summed E-state index contributed by atoms with van der Waals surface area (Å²) in [6.45, 7) is 12.4. The Kier molecular flexibility index (Phi) is 2.48. The summed E-state index contributed by atoms with van der Waals surface area (Å²) in [5.74, 6) is 0. The minimum absolute atomic E-state index is 0.00973. The van der Waals surface area contributed by atoms with Crippen LogP contribution in [0.2, 0.25) is 0 Å². The number of hydrogen-bond acceptors (Lipinski definition) is 0. The molecule has 0 saturated heterocycles. The van der Waals surface area contributed by atoms with E-state index >= 15 is 0 Å². The summed E-state index contributed by atoms with van der Waals surface area (Å²) in [4.78, 5) is 0. The molecule has 0 N–H and O–H groups in total. The molecular formula is C29H26. The molecule has 4 aromatic rings. The molecule has 0 spiro atoms. The molecular weight excluding hydrogens is 348 g/mol. The fraction of sp³-hybridized carbons (Fsp3) is 0.310. The van der Waals surface area contributed by atoms with Crippen molar-refractivity contribution in [2.75, 3.05) is 0 Å². The van der Waals surface area contributed by atoms with Crippen LogP contribution in [-0.4, -0.2) is 0 Å². The van der Waals surface area contributed by atoms with Crippen molar-refractivity contribution in [2.24, 2.45) is 5.41 Å². The Labute approximate surface area is 172 Å². The molecule has 0 nitrogen and oxygen atoms in total. The Bertz CT molecular complexity index is 1480. The van der Waals surface area contributed by atoms with Gasteiger partial charge in [0.2, 0.25) is 0 Å². The van der Waals surface area contributed by atoms with Gasteiger partial charge < -0.3 is 0 Å². The first-order valence-corrected chi connectivity index (χ1v) is 10.9. The highest BCUT2D eigenvalue weighted by atomic mass is 14.6. The van der Waals surface area contributed by atoms with Gasteiger partial charge in [-0.2, -0.15) is 0 Å². The van der Waals surface area contributed by atoms with E-state index in [1.165, 1.54) is 38.2 Å². The molecule has 4 aromatic carbocycles. The standard InChI is InChI=1S/C29H26/c1-27(2)19-10-7-11-20-24(19)26-25-21(27)14-17-9-6-8-16-12-13-18(23(25)22(16)17)15-29(26,5)28(20,3)4/h6-14H,15H2,1-5H3. The van der Waals surface area contributed by atoms with Gasteiger partial charge in [0.15, 0.2) is 0 Å². The van der Waals surface area contributed by atoms with Crippen molar-refractivity contribution in [3.63, 3.8) is 0 Å². The molecule has 0 fully saturated rings. The van der Waals surface area contributed by atoms with Gasteiger partial charge in [-0.05, 0) is 72.6 Å². The van der Waals surface area contributed by atoms with E-state index in [0.717, 1.165) is 6.42 Å². The first-order chi connectivity index (χ1) is 13.8. The molecule has 1 atom stereocenters. The van der Waals surface area contributed by atoms with Crippen LogP contribution in [0.15, 0.2) is 54.6 Å². The Balaban J connectivity index is 1.90. The maximum atomic E-state index is 2.53. The van der Waals surface area contributed by atoms with Crippen molar-refractivity contribution >= 4 is 27.1 Å². The molecule has 0 saturated carbocycles. The number of benzene rings is 4. The highest BCUT2D eigenvalue weighted by Gasteiger charge is 2.57. The van der Waals surface area contributed by atoms with Crippen molar-refractivity contribution in [1.29, 1.82) is 0 Å². The van der Waals surface area contributed by atoms with Crippen LogP contribution >= 0.6 is 0 Å². The van der Waals surface area contributed by atoms with Crippen LogP contribution in [0.5, 0.6) is 0 Å². The quantitative estimate of drug-likeness (QED) is 0.334. The van der Waals surface area contributed by atoms with Gasteiger partial charge in [-0.15, -0.1) is 0 Å². The van der Waals surface area contributed by atoms with Crippen LogP contribution < -0.4 is 5.22 Å². The third-order valence-electron chi connectivity index (χ3n) is 9.04. The first kappa shape index (κ1) is 16.2. The molecule has 3 aliphatic rings.